The number of ketones is 1. The van der Waals surface area contributed by atoms with Gasteiger partial charge in [-0.15, -0.1) is 0 Å². The number of aryl methyl sites for hydroxylation is 1. The third kappa shape index (κ3) is 2.05. The molecular formula is C21H19N3O. The third-order valence-electron chi connectivity index (χ3n) is 5.53. The Morgan fingerprint density at radius 3 is 2.64 bits per heavy atom. The highest BCUT2D eigenvalue weighted by Gasteiger charge is 2.44. The van der Waals surface area contributed by atoms with E-state index in [1.807, 2.05) is 42.9 Å². The van der Waals surface area contributed by atoms with E-state index in [2.05, 4.69) is 25.1 Å². The number of hydrogen-bond acceptors (Lipinski definition) is 3. The molecule has 1 aromatic heterocycles. The van der Waals surface area contributed by atoms with Gasteiger partial charge >= 0.3 is 0 Å². The predicted octanol–water partition coefficient (Wildman–Crippen LogP) is 3.64. The third-order valence-corrected chi connectivity index (χ3v) is 5.53. The van der Waals surface area contributed by atoms with Gasteiger partial charge in [-0.2, -0.15) is 10.4 Å². The first kappa shape index (κ1) is 15.6. The Labute approximate surface area is 147 Å². The Hall–Kier alpha value is -2.93. The molecule has 2 aliphatic rings. The predicted molar refractivity (Wildman–Crippen MR) is 95.7 cm³/mol. The molecule has 25 heavy (non-hydrogen) atoms. The van der Waals surface area contributed by atoms with E-state index >= 15 is 0 Å². The number of nitrogens with zero attached hydrogens (tertiary/aromatic N) is 3. The fourth-order valence-corrected chi connectivity index (χ4v) is 4.34. The van der Waals surface area contributed by atoms with Crippen LogP contribution >= 0.6 is 0 Å². The number of carbonyl (C=O) groups excluding carboxylic acids is 1. The maximum absolute atomic E-state index is 12.4. The van der Waals surface area contributed by atoms with Crippen molar-refractivity contribution in [3.8, 4) is 17.3 Å². The summed E-state index contributed by atoms with van der Waals surface area (Å²) in [5, 5.41) is 14.2. The minimum Gasteiger partial charge on any atom is -0.288 e. The summed E-state index contributed by atoms with van der Waals surface area (Å²) in [5.41, 5.74) is 6.00. The van der Waals surface area contributed by atoms with Crippen LogP contribution < -0.4 is 0 Å². The van der Waals surface area contributed by atoms with Crippen molar-refractivity contribution in [2.45, 2.75) is 32.1 Å². The zero-order valence-corrected chi connectivity index (χ0v) is 14.6. The molecular weight excluding hydrogens is 310 g/mol. The lowest BCUT2D eigenvalue weighted by atomic mass is 9.65. The maximum Gasteiger partial charge on any atom is 0.198 e. The van der Waals surface area contributed by atoms with Crippen molar-refractivity contribution in [2.75, 3.05) is 0 Å². The number of aromatic nitrogens is 2. The molecule has 4 nitrogen and oxygen atoms in total. The van der Waals surface area contributed by atoms with Crippen molar-refractivity contribution in [2.24, 2.45) is 7.05 Å². The van der Waals surface area contributed by atoms with Crippen molar-refractivity contribution < 1.29 is 4.79 Å². The number of Topliss-reactive ketones (excluding diaryl/α,β-unsaturated/α-hetero) is 1. The number of allylic oxidation sites excluding steroid dienone is 4. The standard InChI is InChI=1S/C21H19N3O/c1-13-17-10-9-16-18(14-7-5-4-6-8-14)24(3)23-20(16)21(17,2)11-15(12-22)19(13)25/h4-8,11H,9-10H2,1-3H3/t21-/m0/s1. The minimum absolute atomic E-state index is 0.141. The van der Waals surface area contributed by atoms with E-state index in [9.17, 15) is 10.1 Å². The fraction of sp³-hybridized carbons (Fsp3) is 0.286. The van der Waals surface area contributed by atoms with Crippen LogP contribution in [-0.4, -0.2) is 15.6 Å². The second-order valence-electron chi connectivity index (χ2n) is 6.97. The topological polar surface area (TPSA) is 58.7 Å². The smallest absolute Gasteiger partial charge is 0.198 e. The lowest BCUT2D eigenvalue weighted by molar-refractivity contribution is -0.112. The second-order valence-corrected chi connectivity index (χ2v) is 6.97. The summed E-state index contributed by atoms with van der Waals surface area (Å²) in [6.45, 7) is 3.92. The van der Waals surface area contributed by atoms with Crippen LogP contribution in [0.3, 0.4) is 0 Å². The van der Waals surface area contributed by atoms with Crippen LogP contribution in [0.15, 0.2) is 53.1 Å². The van der Waals surface area contributed by atoms with Crippen LogP contribution in [0.2, 0.25) is 0 Å². The molecule has 0 saturated heterocycles. The summed E-state index contributed by atoms with van der Waals surface area (Å²) in [7, 11) is 1.96. The first-order valence-electron chi connectivity index (χ1n) is 8.47. The molecule has 1 heterocycles. The van der Waals surface area contributed by atoms with E-state index in [0.717, 1.165) is 35.4 Å². The zero-order valence-electron chi connectivity index (χ0n) is 14.6. The van der Waals surface area contributed by atoms with Crippen molar-refractivity contribution in [1.29, 1.82) is 5.26 Å². The van der Waals surface area contributed by atoms with Gasteiger partial charge in [-0.25, -0.2) is 0 Å². The largest absolute Gasteiger partial charge is 0.288 e. The maximum atomic E-state index is 12.4. The van der Waals surface area contributed by atoms with Gasteiger partial charge in [0.05, 0.1) is 22.4 Å². The van der Waals surface area contributed by atoms with Crippen LogP contribution in [-0.2, 0) is 23.7 Å². The zero-order chi connectivity index (χ0) is 17.8. The number of hydrogen-bond donors (Lipinski definition) is 0. The van der Waals surface area contributed by atoms with Gasteiger partial charge in [-0.3, -0.25) is 9.48 Å². The summed E-state index contributed by atoms with van der Waals surface area (Å²) in [5.74, 6) is -0.141. The van der Waals surface area contributed by atoms with Gasteiger partial charge in [-0.05, 0) is 43.9 Å². The van der Waals surface area contributed by atoms with E-state index in [4.69, 9.17) is 5.10 Å². The highest BCUT2D eigenvalue weighted by molar-refractivity contribution is 6.12. The summed E-state index contributed by atoms with van der Waals surface area (Å²) < 4.78 is 1.93. The molecule has 2 aliphatic carbocycles. The molecule has 1 atom stereocenters. The number of rotatable bonds is 1. The molecule has 0 N–H and O–H groups in total. The van der Waals surface area contributed by atoms with Gasteiger partial charge in [-0.1, -0.05) is 30.3 Å². The normalized spacial score (nSPS) is 22.2. The average molecular weight is 329 g/mol. The van der Waals surface area contributed by atoms with E-state index < -0.39 is 5.41 Å². The van der Waals surface area contributed by atoms with Crippen LogP contribution in [0.25, 0.3) is 11.3 Å². The van der Waals surface area contributed by atoms with Gasteiger partial charge in [0.2, 0.25) is 0 Å². The number of nitriles is 1. The molecule has 2 aromatic rings. The fourth-order valence-electron chi connectivity index (χ4n) is 4.34. The highest BCUT2D eigenvalue weighted by Crippen LogP contribution is 2.48. The summed E-state index contributed by atoms with van der Waals surface area (Å²) in [4.78, 5) is 12.4. The molecule has 0 spiro atoms. The molecule has 0 amide bonds. The van der Waals surface area contributed by atoms with Crippen LogP contribution in [0.1, 0.15) is 31.5 Å². The van der Waals surface area contributed by atoms with E-state index in [1.54, 1.807) is 0 Å². The summed E-state index contributed by atoms with van der Waals surface area (Å²) >= 11 is 0. The first-order valence-corrected chi connectivity index (χ1v) is 8.47. The van der Waals surface area contributed by atoms with Crippen molar-refractivity contribution in [3.63, 3.8) is 0 Å². The molecule has 0 fully saturated rings. The molecule has 4 heteroatoms. The van der Waals surface area contributed by atoms with Crippen LogP contribution in [0, 0.1) is 11.3 Å². The lowest BCUT2D eigenvalue weighted by Crippen LogP contribution is -2.34. The lowest BCUT2D eigenvalue weighted by Gasteiger charge is -2.37. The van der Waals surface area contributed by atoms with Crippen LogP contribution in [0.5, 0.6) is 0 Å². The summed E-state index contributed by atoms with van der Waals surface area (Å²) in [6.07, 6.45) is 3.50. The monoisotopic (exact) mass is 329 g/mol. The van der Waals surface area contributed by atoms with Gasteiger partial charge in [0.25, 0.3) is 0 Å². The average Bonchev–Trinajstić information content (AvgIpc) is 2.96. The van der Waals surface area contributed by atoms with E-state index in [-0.39, 0.29) is 11.4 Å². The SMILES string of the molecule is CC1=C2CCc3c(nn(C)c3-c3ccccc3)[C@@]2(C)C=C(C#N)C1=O. The van der Waals surface area contributed by atoms with Crippen molar-refractivity contribution >= 4 is 5.78 Å². The Morgan fingerprint density at radius 1 is 1.24 bits per heavy atom. The molecule has 0 bridgehead atoms. The Bertz CT molecular complexity index is 1000. The molecule has 4 rings (SSSR count). The van der Waals surface area contributed by atoms with Crippen molar-refractivity contribution in [1.82, 2.24) is 9.78 Å². The van der Waals surface area contributed by atoms with Gasteiger partial charge < -0.3 is 0 Å². The second kappa shape index (κ2) is 5.29. The molecule has 0 unspecified atom stereocenters. The molecule has 0 saturated carbocycles. The highest BCUT2D eigenvalue weighted by atomic mass is 16.1. The molecule has 1 aromatic carbocycles. The Balaban J connectivity index is 1.98. The van der Waals surface area contributed by atoms with Gasteiger partial charge in [0, 0.05) is 18.2 Å². The van der Waals surface area contributed by atoms with Gasteiger partial charge in [0.15, 0.2) is 5.78 Å². The molecule has 0 radical (unpaired) electrons. The van der Waals surface area contributed by atoms with Crippen LogP contribution in [0.4, 0.5) is 0 Å². The number of fused-ring (bicyclic) bond motifs is 3. The number of benzene rings is 1. The first-order chi connectivity index (χ1) is 12.0. The number of carbonyl (C=O) groups is 1. The van der Waals surface area contributed by atoms with E-state index in [1.165, 1.54) is 5.56 Å². The van der Waals surface area contributed by atoms with Gasteiger partial charge in [0.1, 0.15) is 6.07 Å². The minimum atomic E-state index is -0.485. The summed E-state index contributed by atoms with van der Waals surface area (Å²) in [6, 6.07) is 12.3. The Kier molecular flexibility index (Phi) is 3.30. The quantitative estimate of drug-likeness (QED) is 0.802. The Morgan fingerprint density at radius 2 is 1.96 bits per heavy atom. The molecule has 0 aliphatic heterocycles. The van der Waals surface area contributed by atoms with Crippen molar-refractivity contribution in [3.05, 3.63) is 64.4 Å². The molecule has 124 valence electrons. The van der Waals surface area contributed by atoms with E-state index in [0.29, 0.717) is 5.57 Å².